The number of rotatable bonds is 6. The number of aryl methyl sites for hydroxylation is 1. The minimum Gasteiger partial charge on any atom is -0.495 e. The quantitative estimate of drug-likeness (QED) is 0.813. The van der Waals surface area contributed by atoms with Gasteiger partial charge in [-0.15, -0.1) is 0 Å². The van der Waals surface area contributed by atoms with Gasteiger partial charge in [-0.3, -0.25) is 9.69 Å². The molecule has 2 N–H and O–H groups in total. The van der Waals surface area contributed by atoms with Gasteiger partial charge in [0, 0.05) is 6.54 Å². The number of benzene rings is 1. The highest BCUT2D eigenvalue weighted by Crippen LogP contribution is 2.24. The first kappa shape index (κ1) is 15.5. The van der Waals surface area contributed by atoms with Gasteiger partial charge in [0.1, 0.15) is 5.75 Å². The van der Waals surface area contributed by atoms with E-state index in [1.807, 2.05) is 25.1 Å². The summed E-state index contributed by atoms with van der Waals surface area (Å²) in [6.07, 6.45) is -0.452. The largest absolute Gasteiger partial charge is 0.495 e. The van der Waals surface area contributed by atoms with E-state index in [4.69, 9.17) is 4.74 Å². The lowest BCUT2D eigenvalue weighted by Gasteiger charge is -2.18. The fraction of sp³-hybridized carbons (Fsp3) is 0.500. The molecule has 0 saturated carbocycles. The number of carbonyl (C=O) groups is 1. The summed E-state index contributed by atoms with van der Waals surface area (Å²) in [5.74, 6) is 0.504. The monoisotopic (exact) mass is 266 g/mol. The highest BCUT2D eigenvalue weighted by Gasteiger charge is 2.11. The standard InChI is InChI=1S/C14H22N2O3/c1-10-5-6-13(19-4)12(7-10)15-14(18)9-16(3)8-11(2)17/h5-7,11,17H,8-9H2,1-4H3,(H,15,18). The van der Waals surface area contributed by atoms with Gasteiger partial charge in [-0.1, -0.05) is 6.07 Å². The van der Waals surface area contributed by atoms with Crippen LogP contribution < -0.4 is 10.1 Å². The smallest absolute Gasteiger partial charge is 0.238 e. The summed E-state index contributed by atoms with van der Waals surface area (Å²) in [5.41, 5.74) is 1.71. The second kappa shape index (κ2) is 7.11. The Balaban J connectivity index is 2.64. The molecule has 0 radical (unpaired) electrons. The van der Waals surface area contributed by atoms with Crippen molar-refractivity contribution in [3.8, 4) is 5.75 Å². The van der Waals surface area contributed by atoms with Gasteiger partial charge in [-0.2, -0.15) is 0 Å². The van der Waals surface area contributed by atoms with E-state index in [1.165, 1.54) is 0 Å². The van der Waals surface area contributed by atoms with Crippen LogP contribution in [0.4, 0.5) is 5.69 Å². The third-order valence-corrected chi connectivity index (χ3v) is 2.62. The Morgan fingerprint density at radius 2 is 2.21 bits per heavy atom. The zero-order valence-electron chi connectivity index (χ0n) is 11.9. The molecule has 0 bridgehead atoms. The van der Waals surface area contributed by atoms with E-state index < -0.39 is 6.10 Å². The minimum absolute atomic E-state index is 0.132. The number of ether oxygens (including phenoxy) is 1. The number of methoxy groups -OCH3 is 1. The minimum atomic E-state index is -0.452. The molecule has 5 heteroatoms. The van der Waals surface area contributed by atoms with Crippen LogP contribution in [0, 0.1) is 6.92 Å². The average molecular weight is 266 g/mol. The van der Waals surface area contributed by atoms with Gasteiger partial charge in [0.2, 0.25) is 5.91 Å². The van der Waals surface area contributed by atoms with E-state index in [9.17, 15) is 9.90 Å². The summed E-state index contributed by atoms with van der Waals surface area (Å²) in [6.45, 7) is 4.33. The van der Waals surface area contributed by atoms with Crippen LogP contribution in [0.3, 0.4) is 0 Å². The van der Waals surface area contributed by atoms with E-state index in [-0.39, 0.29) is 12.5 Å². The maximum Gasteiger partial charge on any atom is 0.238 e. The first-order chi connectivity index (χ1) is 8.92. The third-order valence-electron chi connectivity index (χ3n) is 2.62. The van der Waals surface area contributed by atoms with Crippen molar-refractivity contribution in [1.29, 1.82) is 0 Å². The molecule has 1 rings (SSSR count). The van der Waals surface area contributed by atoms with Crippen molar-refractivity contribution in [1.82, 2.24) is 4.90 Å². The summed E-state index contributed by atoms with van der Waals surface area (Å²) >= 11 is 0. The number of amides is 1. The molecule has 0 aliphatic heterocycles. The Labute approximate surface area is 114 Å². The molecule has 0 saturated heterocycles. The van der Waals surface area contributed by atoms with Gasteiger partial charge in [0.25, 0.3) is 0 Å². The zero-order valence-corrected chi connectivity index (χ0v) is 11.9. The fourth-order valence-corrected chi connectivity index (χ4v) is 1.87. The van der Waals surface area contributed by atoms with Crippen LogP contribution in [0.25, 0.3) is 0 Å². The molecule has 0 heterocycles. The van der Waals surface area contributed by atoms with Gasteiger partial charge in [0.05, 0.1) is 25.4 Å². The third kappa shape index (κ3) is 5.28. The van der Waals surface area contributed by atoms with Crippen molar-refractivity contribution in [2.24, 2.45) is 0 Å². The molecular weight excluding hydrogens is 244 g/mol. The lowest BCUT2D eigenvalue weighted by molar-refractivity contribution is -0.117. The molecule has 0 aliphatic rings. The Morgan fingerprint density at radius 1 is 1.53 bits per heavy atom. The van der Waals surface area contributed by atoms with E-state index in [2.05, 4.69) is 5.32 Å². The van der Waals surface area contributed by atoms with Crippen LogP contribution in [-0.4, -0.2) is 49.3 Å². The molecule has 0 spiro atoms. The predicted octanol–water partition coefficient (Wildman–Crippen LogP) is 1.25. The number of carbonyl (C=O) groups excluding carboxylic acids is 1. The van der Waals surface area contributed by atoms with Crippen molar-refractivity contribution in [2.45, 2.75) is 20.0 Å². The van der Waals surface area contributed by atoms with Crippen LogP contribution in [-0.2, 0) is 4.79 Å². The molecule has 106 valence electrons. The number of nitrogens with one attached hydrogen (secondary N) is 1. The molecule has 1 unspecified atom stereocenters. The summed E-state index contributed by atoms with van der Waals surface area (Å²) in [7, 11) is 3.36. The number of hydrogen-bond donors (Lipinski definition) is 2. The van der Waals surface area contributed by atoms with Crippen LogP contribution in [0.1, 0.15) is 12.5 Å². The Kier molecular flexibility index (Phi) is 5.79. The van der Waals surface area contributed by atoms with E-state index in [0.29, 0.717) is 18.0 Å². The number of aliphatic hydroxyl groups excluding tert-OH is 1. The van der Waals surface area contributed by atoms with Gasteiger partial charge in [0.15, 0.2) is 0 Å². The summed E-state index contributed by atoms with van der Waals surface area (Å²) < 4.78 is 5.20. The maximum atomic E-state index is 11.9. The van der Waals surface area contributed by atoms with Crippen LogP contribution in [0.15, 0.2) is 18.2 Å². The van der Waals surface area contributed by atoms with Crippen molar-refractivity contribution >= 4 is 11.6 Å². The lowest BCUT2D eigenvalue weighted by Crippen LogP contribution is -2.34. The Morgan fingerprint density at radius 3 is 2.79 bits per heavy atom. The molecule has 1 atom stereocenters. The molecule has 0 aromatic heterocycles. The number of likely N-dealkylation sites (N-methyl/N-ethyl adjacent to an activating group) is 1. The molecular formula is C14H22N2O3. The lowest BCUT2D eigenvalue weighted by atomic mass is 10.2. The highest BCUT2D eigenvalue weighted by atomic mass is 16.5. The predicted molar refractivity (Wildman–Crippen MR) is 75.5 cm³/mol. The molecule has 1 aromatic rings. The number of aliphatic hydroxyl groups is 1. The van der Waals surface area contributed by atoms with Crippen molar-refractivity contribution in [2.75, 3.05) is 32.6 Å². The SMILES string of the molecule is COc1ccc(C)cc1NC(=O)CN(C)CC(C)O. The topological polar surface area (TPSA) is 61.8 Å². The second-order valence-corrected chi connectivity index (χ2v) is 4.80. The van der Waals surface area contributed by atoms with Crippen molar-refractivity contribution < 1.29 is 14.6 Å². The molecule has 0 fully saturated rings. The van der Waals surface area contributed by atoms with Gasteiger partial charge < -0.3 is 15.2 Å². The Bertz CT molecular complexity index is 433. The van der Waals surface area contributed by atoms with Crippen molar-refractivity contribution in [3.05, 3.63) is 23.8 Å². The molecule has 1 amide bonds. The molecule has 19 heavy (non-hydrogen) atoms. The summed E-state index contributed by atoms with van der Waals surface area (Å²) in [4.78, 5) is 13.7. The van der Waals surface area contributed by atoms with E-state index in [0.717, 1.165) is 5.56 Å². The van der Waals surface area contributed by atoms with Gasteiger partial charge >= 0.3 is 0 Å². The van der Waals surface area contributed by atoms with Crippen LogP contribution in [0.5, 0.6) is 5.75 Å². The fourth-order valence-electron chi connectivity index (χ4n) is 1.87. The summed E-state index contributed by atoms with van der Waals surface area (Å²) in [6, 6.07) is 5.61. The molecule has 5 nitrogen and oxygen atoms in total. The van der Waals surface area contributed by atoms with Gasteiger partial charge in [-0.05, 0) is 38.6 Å². The number of nitrogens with zero attached hydrogens (tertiary/aromatic N) is 1. The first-order valence-corrected chi connectivity index (χ1v) is 6.23. The number of anilines is 1. The highest BCUT2D eigenvalue weighted by molar-refractivity contribution is 5.93. The Hall–Kier alpha value is -1.59. The van der Waals surface area contributed by atoms with E-state index in [1.54, 1.807) is 26.0 Å². The van der Waals surface area contributed by atoms with Crippen LogP contribution in [0.2, 0.25) is 0 Å². The normalized spacial score (nSPS) is 12.3. The zero-order chi connectivity index (χ0) is 14.4. The van der Waals surface area contributed by atoms with Crippen molar-refractivity contribution in [3.63, 3.8) is 0 Å². The van der Waals surface area contributed by atoms with Gasteiger partial charge in [-0.25, -0.2) is 0 Å². The first-order valence-electron chi connectivity index (χ1n) is 6.23. The summed E-state index contributed by atoms with van der Waals surface area (Å²) in [5, 5.41) is 12.1. The molecule has 1 aromatic carbocycles. The van der Waals surface area contributed by atoms with Crippen LogP contribution >= 0.6 is 0 Å². The number of hydrogen-bond acceptors (Lipinski definition) is 4. The molecule has 0 aliphatic carbocycles. The average Bonchev–Trinajstić information content (AvgIpc) is 2.27. The maximum absolute atomic E-state index is 11.9. The van der Waals surface area contributed by atoms with E-state index >= 15 is 0 Å². The second-order valence-electron chi connectivity index (χ2n) is 4.80.